The third-order valence-corrected chi connectivity index (χ3v) is 5.38. The van der Waals surface area contributed by atoms with E-state index in [0.717, 1.165) is 48.9 Å². The molecule has 2 aromatic carbocycles. The second-order valence-corrected chi connectivity index (χ2v) is 7.30. The van der Waals surface area contributed by atoms with Crippen LogP contribution >= 0.6 is 0 Å². The number of fused-ring (bicyclic) bond motifs is 1. The van der Waals surface area contributed by atoms with Crippen molar-refractivity contribution in [3.8, 4) is 17.2 Å². The fourth-order valence-electron chi connectivity index (χ4n) is 3.76. The number of piperazine rings is 1. The largest absolute Gasteiger partial charge is 0.506 e. The smallest absolute Gasteiger partial charge is 0.275 e. The van der Waals surface area contributed by atoms with Crippen LogP contribution in [0, 0.1) is 0 Å². The Bertz CT molecular complexity index is 849. The highest BCUT2D eigenvalue weighted by atomic mass is 16.7. The highest BCUT2D eigenvalue weighted by Gasteiger charge is 2.24. The Morgan fingerprint density at radius 3 is 2.71 bits per heavy atom. The zero-order chi connectivity index (χ0) is 19.5. The molecule has 0 aliphatic carbocycles. The van der Waals surface area contributed by atoms with E-state index >= 15 is 0 Å². The molecule has 2 heterocycles. The lowest BCUT2D eigenvalue weighted by molar-refractivity contribution is -0.892. The van der Waals surface area contributed by atoms with Gasteiger partial charge in [0.15, 0.2) is 18.0 Å². The molecule has 1 fully saturated rings. The zero-order valence-corrected chi connectivity index (χ0v) is 16.0. The van der Waals surface area contributed by atoms with Gasteiger partial charge in [-0.05, 0) is 36.8 Å². The summed E-state index contributed by atoms with van der Waals surface area (Å²) in [6.07, 6.45) is 0. The number of quaternary nitrogens is 1. The lowest BCUT2D eigenvalue weighted by Gasteiger charge is -2.33. The molecule has 7 nitrogen and oxygen atoms in total. The molecule has 0 saturated carbocycles. The van der Waals surface area contributed by atoms with Crippen molar-refractivity contribution in [1.29, 1.82) is 0 Å². The Balaban J connectivity index is 1.27. The van der Waals surface area contributed by atoms with Crippen LogP contribution in [0.4, 0.5) is 5.69 Å². The van der Waals surface area contributed by atoms with Crippen molar-refractivity contribution < 1.29 is 24.3 Å². The minimum absolute atomic E-state index is 0.0381. The molecular formula is C21H26N3O4+. The van der Waals surface area contributed by atoms with Gasteiger partial charge in [0.25, 0.3) is 5.91 Å². The minimum Gasteiger partial charge on any atom is -0.506 e. The first-order valence-corrected chi connectivity index (χ1v) is 9.65. The number of carbonyl (C=O) groups is 1. The van der Waals surface area contributed by atoms with Gasteiger partial charge >= 0.3 is 0 Å². The molecule has 1 amide bonds. The van der Waals surface area contributed by atoms with E-state index in [-0.39, 0.29) is 18.7 Å². The van der Waals surface area contributed by atoms with Crippen molar-refractivity contribution in [2.45, 2.75) is 13.0 Å². The van der Waals surface area contributed by atoms with Crippen LogP contribution in [0.1, 0.15) is 18.5 Å². The van der Waals surface area contributed by atoms with Crippen molar-refractivity contribution in [3.05, 3.63) is 48.0 Å². The van der Waals surface area contributed by atoms with Gasteiger partial charge in [0, 0.05) is 0 Å². The molecule has 148 valence electrons. The molecule has 2 aliphatic rings. The maximum Gasteiger partial charge on any atom is 0.275 e. The second kappa shape index (κ2) is 7.98. The van der Waals surface area contributed by atoms with E-state index < -0.39 is 0 Å². The van der Waals surface area contributed by atoms with Gasteiger partial charge < -0.3 is 29.7 Å². The number of ether oxygens (including phenoxy) is 2. The van der Waals surface area contributed by atoms with Gasteiger partial charge in [0.1, 0.15) is 5.75 Å². The first-order valence-electron chi connectivity index (χ1n) is 9.65. The van der Waals surface area contributed by atoms with Crippen molar-refractivity contribution in [2.75, 3.05) is 44.4 Å². The van der Waals surface area contributed by atoms with E-state index in [4.69, 9.17) is 9.47 Å². The van der Waals surface area contributed by atoms with Crippen LogP contribution in [-0.4, -0.2) is 50.5 Å². The lowest BCUT2D eigenvalue weighted by atomic mass is 10.1. The monoisotopic (exact) mass is 384 g/mol. The molecule has 0 bridgehead atoms. The highest BCUT2D eigenvalue weighted by molar-refractivity contribution is 5.77. The van der Waals surface area contributed by atoms with E-state index in [0.29, 0.717) is 12.3 Å². The van der Waals surface area contributed by atoms with E-state index in [9.17, 15) is 9.90 Å². The predicted molar refractivity (Wildman–Crippen MR) is 105 cm³/mol. The van der Waals surface area contributed by atoms with Crippen molar-refractivity contribution in [1.82, 2.24) is 5.32 Å². The quantitative estimate of drug-likeness (QED) is 0.708. The summed E-state index contributed by atoms with van der Waals surface area (Å²) in [6, 6.07) is 13.1. The number of anilines is 1. The third kappa shape index (κ3) is 3.99. The van der Waals surface area contributed by atoms with Gasteiger partial charge in [-0.15, -0.1) is 0 Å². The number of rotatable bonds is 5. The maximum atomic E-state index is 12.5. The lowest BCUT2D eigenvalue weighted by Crippen LogP contribution is -3.15. The molecule has 1 saturated heterocycles. The topological polar surface area (TPSA) is 75.5 Å². The van der Waals surface area contributed by atoms with Crippen molar-refractivity contribution >= 4 is 11.6 Å². The van der Waals surface area contributed by atoms with Crippen LogP contribution in [-0.2, 0) is 4.79 Å². The third-order valence-electron chi connectivity index (χ3n) is 5.38. The molecule has 3 N–H and O–H groups in total. The van der Waals surface area contributed by atoms with Crippen LogP contribution in [0.2, 0.25) is 0 Å². The summed E-state index contributed by atoms with van der Waals surface area (Å²) in [5.41, 5.74) is 1.86. The molecule has 7 heteroatoms. The number of hydrogen-bond acceptors (Lipinski definition) is 5. The average Bonchev–Trinajstić information content (AvgIpc) is 3.17. The zero-order valence-electron chi connectivity index (χ0n) is 16.0. The van der Waals surface area contributed by atoms with E-state index in [1.165, 1.54) is 4.90 Å². The summed E-state index contributed by atoms with van der Waals surface area (Å²) in [6.45, 7) is 6.02. The standard InChI is InChI=1S/C21H25N3O4/c1-15(16-6-7-19-20(12-16)28-14-27-19)22-21(26)13-23-8-10-24(11-9-23)17-4-2-3-5-18(17)25/h2-7,12,15,25H,8-11,13-14H2,1H3,(H,22,26)/p+1/t15-/m1/s1. The first kappa shape index (κ1) is 18.4. The van der Waals surface area contributed by atoms with Gasteiger partial charge in [-0.1, -0.05) is 18.2 Å². The summed E-state index contributed by atoms with van der Waals surface area (Å²) in [5, 5.41) is 13.1. The number of phenolic OH excluding ortho intramolecular Hbond substituents is 1. The Morgan fingerprint density at radius 1 is 1.18 bits per heavy atom. The maximum absolute atomic E-state index is 12.5. The van der Waals surface area contributed by atoms with Gasteiger partial charge in [0.05, 0.1) is 37.9 Å². The molecule has 0 radical (unpaired) electrons. The summed E-state index contributed by atoms with van der Waals surface area (Å²) in [4.78, 5) is 15.9. The number of nitrogens with one attached hydrogen (secondary N) is 2. The summed E-state index contributed by atoms with van der Waals surface area (Å²) < 4.78 is 10.7. The number of hydrogen-bond donors (Lipinski definition) is 3. The number of phenols is 1. The van der Waals surface area contributed by atoms with Crippen LogP contribution < -0.4 is 24.6 Å². The first-order chi connectivity index (χ1) is 13.6. The fourth-order valence-corrected chi connectivity index (χ4v) is 3.76. The van der Waals surface area contributed by atoms with Gasteiger partial charge in [-0.2, -0.15) is 0 Å². The molecular weight excluding hydrogens is 358 g/mol. The predicted octanol–water partition coefficient (Wildman–Crippen LogP) is 0.703. The highest BCUT2D eigenvalue weighted by Crippen LogP contribution is 2.34. The number of benzene rings is 2. The van der Waals surface area contributed by atoms with E-state index in [1.807, 2.05) is 43.3 Å². The number of aromatic hydroxyl groups is 1. The van der Waals surface area contributed by atoms with Crippen LogP contribution in [0.3, 0.4) is 0 Å². The van der Waals surface area contributed by atoms with E-state index in [2.05, 4.69) is 10.2 Å². The Morgan fingerprint density at radius 2 is 1.93 bits per heavy atom. The molecule has 0 unspecified atom stereocenters. The molecule has 28 heavy (non-hydrogen) atoms. The van der Waals surface area contributed by atoms with Crippen LogP contribution in [0.15, 0.2) is 42.5 Å². The fraction of sp³-hybridized carbons (Fsp3) is 0.381. The Hall–Kier alpha value is -2.93. The van der Waals surface area contributed by atoms with Gasteiger partial charge in [0.2, 0.25) is 6.79 Å². The van der Waals surface area contributed by atoms with Crippen molar-refractivity contribution in [2.24, 2.45) is 0 Å². The van der Waals surface area contributed by atoms with Gasteiger partial charge in [-0.25, -0.2) is 0 Å². The van der Waals surface area contributed by atoms with Crippen molar-refractivity contribution in [3.63, 3.8) is 0 Å². The normalized spacial score (nSPS) is 17.4. The molecule has 4 rings (SSSR count). The van der Waals surface area contributed by atoms with Gasteiger partial charge in [-0.3, -0.25) is 4.79 Å². The number of nitrogens with zero attached hydrogens (tertiary/aromatic N) is 1. The molecule has 0 aromatic heterocycles. The Kier molecular flexibility index (Phi) is 5.25. The SMILES string of the molecule is C[C@@H](NC(=O)C[NH+]1CCN(c2ccccc2O)CC1)c1ccc2c(c1)OCO2. The second-order valence-electron chi connectivity index (χ2n) is 7.30. The summed E-state index contributed by atoms with van der Waals surface area (Å²) in [7, 11) is 0. The van der Waals surface area contributed by atoms with Crippen LogP contribution in [0.5, 0.6) is 17.2 Å². The molecule has 2 aliphatic heterocycles. The minimum atomic E-state index is -0.0936. The average molecular weight is 384 g/mol. The number of amides is 1. The summed E-state index contributed by atoms with van der Waals surface area (Å²) >= 11 is 0. The summed E-state index contributed by atoms with van der Waals surface area (Å²) in [5.74, 6) is 1.82. The van der Waals surface area contributed by atoms with Crippen LogP contribution in [0.25, 0.3) is 0 Å². The number of carbonyl (C=O) groups excluding carboxylic acids is 1. The van der Waals surface area contributed by atoms with E-state index in [1.54, 1.807) is 6.07 Å². The number of para-hydroxylation sites is 2. The molecule has 2 aromatic rings. The molecule has 0 spiro atoms. The Labute approximate surface area is 164 Å². The molecule has 1 atom stereocenters.